The third-order valence-corrected chi connectivity index (χ3v) is 4.50. The Bertz CT molecular complexity index is 509. The van der Waals surface area contributed by atoms with E-state index in [2.05, 4.69) is 15.9 Å². The van der Waals surface area contributed by atoms with E-state index in [9.17, 15) is 9.59 Å². The van der Waals surface area contributed by atoms with Crippen LogP contribution in [0.25, 0.3) is 0 Å². The first-order valence-electron chi connectivity index (χ1n) is 6.64. The molecule has 1 aromatic carbocycles. The van der Waals surface area contributed by atoms with Crippen molar-refractivity contribution in [3.05, 3.63) is 28.7 Å². The summed E-state index contributed by atoms with van der Waals surface area (Å²) in [6.07, 6.45) is 2.67. The van der Waals surface area contributed by atoms with Gasteiger partial charge in [0.2, 0.25) is 5.91 Å². The second-order valence-electron chi connectivity index (χ2n) is 5.17. The fourth-order valence-corrected chi connectivity index (χ4v) is 3.25. The quantitative estimate of drug-likeness (QED) is 0.816. The van der Waals surface area contributed by atoms with Crippen LogP contribution < -0.4 is 9.80 Å². The van der Waals surface area contributed by atoms with Crippen molar-refractivity contribution < 1.29 is 14.5 Å². The smallest absolute Gasteiger partial charge is 0.292 e. The molecule has 0 aromatic heterocycles. The van der Waals surface area contributed by atoms with Gasteiger partial charge < -0.3 is 4.90 Å². The minimum atomic E-state index is -0.168. The molecule has 1 atom stereocenters. The zero-order valence-corrected chi connectivity index (χ0v) is 12.1. The number of benzene rings is 1. The molecule has 0 unspecified atom stereocenters. The SMILES string of the molecule is O=C1C[C@@H]([NH+]2CCCC2)C(=O)N1c1ccc(Br)cc1. The van der Waals surface area contributed by atoms with E-state index in [0.29, 0.717) is 12.1 Å². The summed E-state index contributed by atoms with van der Waals surface area (Å²) in [5, 5.41) is 0. The van der Waals surface area contributed by atoms with Crippen molar-refractivity contribution in [2.75, 3.05) is 18.0 Å². The molecule has 2 aliphatic rings. The molecular formula is C14H16BrN2O2+. The summed E-state index contributed by atoms with van der Waals surface area (Å²) >= 11 is 3.36. The van der Waals surface area contributed by atoms with Gasteiger partial charge in [0.15, 0.2) is 6.04 Å². The van der Waals surface area contributed by atoms with Crippen LogP contribution in [-0.4, -0.2) is 30.9 Å². The summed E-state index contributed by atoms with van der Waals surface area (Å²) in [7, 11) is 0. The number of halogens is 1. The van der Waals surface area contributed by atoms with Crippen molar-refractivity contribution in [2.24, 2.45) is 0 Å². The lowest BCUT2D eigenvalue weighted by atomic mass is 10.2. The molecule has 2 heterocycles. The Balaban J connectivity index is 1.84. The first-order valence-corrected chi connectivity index (χ1v) is 7.43. The van der Waals surface area contributed by atoms with Crippen LogP contribution in [0.5, 0.6) is 0 Å². The van der Waals surface area contributed by atoms with Gasteiger partial charge in [0.05, 0.1) is 25.2 Å². The zero-order chi connectivity index (χ0) is 13.4. The van der Waals surface area contributed by atoms with E-state index >= 15 is 0 Å². The Labute approximate surface area is 120 Å². The van der Waals surface area contributed by atoms with Gasteiger partial charge >= 0.3 is 0 Å². The van der Waals surface area contributed by atoms with Crippen LogP contribution >= 0.6 is 15.9 Å². The maximum atomic E-state index is 12.5. The monoisotopic (exact) mass is 323 g/mol. The van der Waals surface area contributed by atoms with E-state index in [-0.39, 0.29) is 17.9 Å². The molecule has 100 valence electrons. The largest absolute Gasteiger partial charge is 0.324 e. The number of carbonyl (C=O) groups excluding carboxylic acids is 2. The normalized spacial score (nSPS) is 24.5. The highest BCUT2D eigenvalue weighted by molar-refractivity contribution is 9.10. The van der Waals surface area contributed by atoms with Gasteiger partial charge in [-0.05, 0) is 24.3 Å². The average Bonchev–Trinajstić information content (AvgIpc) is 3.00. The second-order valence-corrected chi connectivity index (χ2v) is 6.08. The van der Waals surface area contributed by atoms with E-state index in [1.807, 2.05) is 24.3 Å². The number of anilines is 1. The van der Waals surface area contributed by atoms with Gasteiger partial charge in [-0.1, -0.05) is 15.9 Å². The Morgan fingerprint density at radius 3 is 2.37 bits per heavy atom. The molecule has 0 bridgehead atoms. The lowest BCUT2D eigenvalue weighted by Crippen LogP contribution is -3.14. The highest BCUT2D eigenvalue weighted by Crippen LogP contribution is 2.24. The standard InChI is InChI=1S/C14H15BrN2O2/c15-10-3-5-11(6-4-10)17-13(18)9-12(14(17)19)16-7-1-2-8-16/h3-6,12H,1-2,7-9H2/p+1/t12-/m1/s1. The number of rotatable bonds is 2. The molecule has 19 heavy (non-hydrogen) atoms. The summed E-state index contributed by atoms with van der Waals surface area (Å²) < 4.78 is 0.942. The van der Waals surface area contributed by atoms with Crippen LogP contribution in [-0.2, 0) is 9.59 Å². The molecule has 2 aliphatic heterocycles. The molecule has 2 fully saturated rings. The van der Waals surface area contributed by atoms with Crippen molar-refractivity contribution >= 4 is 33.4 Å². The third kappa shape index (κ3) is 2.32. The molecule has 4 nitrogen and oxygen atoms in total. The fourth-order valence-electron chi connectivity index (χ4n) is 2.99. The first kappa shape index (κ1) is 12.8. The summed E-state index contributed by atoms with van der Waals surface area (Å²) in [5.74, 6) is -0.110. The summed E-state index contributed by atoms with van der Waals surface area (Å²) in [6.45, 7) is 2.02. The molecule has 0 spiro atoms. The Morgan fingerprint density at radius 2 is 1.74 bits per heavy atom. The fraction of sp³-hybridized carbons (Fsp3) is 0.429. The average molecular weight is 324 g/mol. The molecule has 3 rings (SSSR count). The summed E-state index contributed by atoms with van der Waals surface area (Å²) in [5.41, 5.74) is 0.680. The molecule has 5 heteroatoms. The van der Waals surface area contributed by atoms with Crippen LogP contribution in [0.1, 0.15) is 19.3 Å². The highest BCUT2D eigenvalue weighted by Gasteiger charge is 2.46. The molecule has 0 aliphatic carbocycles. The number of carbonyl (C=O) groups is 2. The lowest BCUT2D eigenvalue weighted by Gasteiger charge is -2.19. The molecule has 2 amide bonds. The van der Waals surface area contributed by atoms with E-state index < -0.39 is 0 Å². The molecule has 0 radical (unpaired) electrons. The summed E-state index contributed by atoms with van der Waals surface area (Å²) in [4.78, 5) is 27.2. The predicted octanol–water partition coefficient (Wildman–Crippen LogP) is 0.760. The molecule has 0 saturated carbocycles. The Kier molecular flexibility index (Phi) is 3.41. The van der Waals surface area contributed by atoms with E-state index in [0.717, 1.165) is 30.4 Å². The van der Waals surface area contributed by atoms with Crippen LogP contribution in [0.3, 0.4) is 0 Å². The van der Waals surface area contributed by atoms with Crippen LogP contribution in [0.15, 0.2) is 28.7 Å². The van der Waals surface area contributed by atoms with Gasteiger partial charge in [-0.2, -0.15) is 0 Å². The van der Waals surface area contributed by atoms with Gasteiger partial charge in [0.25, 0.3) is 5.91 Å². The minimum Gasteiger partial charge on any atom is -0.324 e. The Morgan fingerprint density at radius 1 is 1.11 bits per heavy atom. The number of likely N-dealkylation sites (tertiary alicyclic amines) is 1. The number of quaternary nitrogens is 1. The van der Waals surface area contributed by atoms with Gasteiger partial charge in [0.1, 0.15) is 0 Å². The van der Waals surface area contributed by atoms with E-state index in [4.69, 9.17) is 0 Å². The molecule has 2 saturated heterocycles. The maximum absolute atomic E-state index is 12.5. The van der Waals surface area contributed by atoms with Gasteiger partial charge in [-0.3, -0.25) is 9.59 Å². The number of imide groups is 1. The molecular weight excluding hydrogens is 308 g/mol. The molecule has 1 aromatic rings. The Hall–Kier alpha value is -1.20. The predicted molar refractivity (Wildman–Crippen MR) is 75.0 cm³/mol. The topological polar surface area (TPSA) is 41.8 Å². The first-order chi connectivity index (χ1) is 9.16. The summed E-state index contributed by atoms with van der Waals surface area (Å²) in [6, 6.07) is 7.15. The highest BCUT2D eigenvalue weighted by atomic mass is 79.9. The van der Waals surface area contributed by atoms with Gasteiger partial charge in [-0.15, -0.1) is 0 Å². The number of nitrogens with one attached hydrogen (secondary N) is 1. The van der Waals surface area contributed by atoms with Crippen LogP contribution in [0.2, 0.25) is 0 Å². The van der Waals surface area contributed by atoms with Crippen molar-refractivity contribution in [1.82, 2.24) is 0 Å². The number of nitrogens with zero attached hydrogens (tertiary/aromatic N) is 1. The second kappa shape index (κ2) is 5.06. The minimum absolute atomic E-state index is 0.0378. The van der Waals surface area contributed by atoms with Crippen LogP contribution in [0.4, 0.5) is 5.69 Å². The lowest BCUT2D eigenvalue weighted by molar-refractivity contribution is -0.902. The van der Waals surface area contributed by atoms with Crippen molar-refractivity contribution in [3.8, 4) is 0 Å². The van der Waals surface area contributed by atoms with Crippen molar-refractivity contribution in [1.29, 1.82) is 0 Å². The number of hydrogen-bond donors (Lipinski definition) is 1. The zero-order valence-electron chi connectivity index (χ0n) is 10.6. The van der Waals surface area contributed by atoms with Crippen molar-refractivity contribution in [3.63, 3.8) is 0 Å². The third-order valence-electron chi connectivity index (χ3n) is 3.97. The van der Waals surface area contributed by atoms with Crippen molar-refractivity contribution in [2.45, 2.75) is 25.3 Å². The van der Waals surface area contributed by atoms with E-state index in [1.165, 1.54) is 9.80 Å². The van der Waals surface area contributed by atoms with E-state index in [1.54, 1.807) is 0 Å². The number of amides is 2. The number of hydrogen-bond acceptors (Lipinski definition) is 2. The van der Waals surface area contributed by atoms with Gasteiger partial charge in [0, 0.05) is 17.3 Å². The van der Waals surface area contributed by atoms with Crippen LogP contribution in [0, 0.1) is 0 Å². The maximum Gasteiger partial charge on any atom is 0.292 e. The van der Waals surface area contributed by atoms with Gasteiger partial charge in [-0.25, -0.2) is 4.90 Å². The molecule has 1 N–H and O–H groups in total.